The summed E-state index contributed by atoms with van der Waals surface area (Å²) in [5.74, 6) is 0.144. The van der Waals surface area contributed by atoms with E-state index >= 15 is 0 Å². The van der Waals surface area contributed by atoms with Crippen molar-refractivity contribution >= 4 is 22.9 Å². The molecule has 4 nitrogen and oxygen atoms in total. The van der Waals surface area contributed by atoms with Crippen LogP contribution in [-0.2, 0) is 6.54 Å². The Morgan fingerprint density at radius 2 is 2.14 bits per heavy atom. The Kier molecular flexibility index (Phi) is 4.85. The highest BCUT2D eigenvalue weighted by atomic mass is 32.1. The first kappa shape index (κ1) is 15.4. The third kappa shape index (κ3) is 3.55. The van der Waals surface area contributed by atoms with Gasteiger partial charge in [0.25, 0.3) is 0 Å². The molecule has 21 heavy (non-hydrogen) atoms. The van der Waals surface area contributed by atoms with Crippen molar-refractivity contribution in [2.45, 2.75) is 33.4 Å². The first-order chi connectivity index (χ1) is 10.0. The molecule has 0 aliphatic rings. The van der Waals surface area contributed by atoms with Crippen LogP contribution in [-0.4, -0.2) is 17.1 Å². The van der Waals surface area contributed by atoms with E-state index in [4.69, 9.17) is 10.9 Å². The molecule has 1 heterocycles. The summed E-state index contributed by atoms with van der Waals surface area (Å²) in [6, 6.07) is 10.5. The van der Waals surface area contributed by atoms with Crippen LogP contribution in [0.3, 0.4) is 0 Å². The highest BCUT2D eigenvalue weighted by Crippen LogP contribution is 2.27. The van der Waals surface area contributed by atoms with Gasteiger partial charge in [-0.3, -0.25) is 0 Å². The molecule has 1 aromatic carbocycles. The SMILES string of the molecule is Cc1ccc(N(Cc2cccs2)C(C)C)c(/C(N)=N/O)c1. The number of amidine groups is 1. The molecule has 0 aliphatic carbocycles. The molecule has 2 aromatic rings. The van der Waals surface area contributed by atoms with Gasteiger partial charge in [0.2, 0.25) is 0 Å². The summed E-state index contributed by atoms with van der Waals surface area (Å²) in [5.41, 5.74) is 8.69. The highest BCUT2D eigenvalue weighted by Gasteiger charge is 2.17. The van der Waals surface area contributed by atoms with Gasteiger partial charge in [-0.15, -0.1) is 11.3 Å². The van der Waals surface area contributed by atoms with Crippen LogP contribution in [0.25, 0.3) is 0 Å². The van der Waals surface area contributed by atoms with Crippen molar-refractivity contribution in [3.8, 4) is 0 Å². The zero-order chi connectivity index (χ0) is 15.4. The number of nitrogens with zero attached hydrogens (tertiary/aromatic N) is 2. The Morgan fingerprint density at radius 1 is 1.38 bits per heavy atom. The van der Waals surface area contributed by atoms with Gasteiger partial charge >= 0.3 is 0 Å². The summed E-state index contributed by atoms with van der Waals surface area (Å²) in [5, 5.41) is 14.3. The molecular formula is C16H21N3OS. The molecule has 112 valence electrons. The molecule has 0 saturated heterocycles. The maximum atomic E-state index is 9.03. The van der Waals surface area contributed by atoms with Gasteiger partial charge in [-0.25, -0.2) is 0 Å². The molecule has 0 bridgehead atoms. The van der Waals surface area contributed by atoms with Gasteiger partial charge in [0.15, 0.2) is 5.84 Å². The van der Waals surface area contributed by atoms with Gasteiger partial charge in [-0.05, 0) is 44.4 Å². The van der Waals surface area contributed by atoms with Crippen LogP contribution in [0.15, 0.2) is 40.9 Å². The van der Waals surface area contributed by atoms with E-state index in [1.165, 1.54) is 4.88 Å². The predicted octanol–water partition coefficient (Wildman–Crippen LogP) is 3.57. The van der Waals surface area contributed by atoms with E-state index in [0.717, 1.165) is 23.4 Å². The van der Waals surface area contributed by atoms with Crippen molar-refractivity contribution in [3.63, 3.8) is 0 Å². The maximum Gasteiger partial charge on any atom is 0.172 e. The molecular weight excluding hydrogens is 282 g/mol. The number of oxime groups is 1. The van der Waals surface area contributed by atoms with E-state index < -0.39 is 0 Å². The Hall–Kier alpha value is -2.01. The summed E-state index contributed by atoms with van der Waals surface area (Å²) >= 11 is 1.73. The van der Waals surface area contributed by atoms with Crippen LogP contribution in [0.4, 0.5) is 5.69 Å². The third-order valence-electron chi connectivity index (χ3n) is 3.37. The third-order valence-corrected chi connectivity index (χ3v) is 4.24. The minimum absolute atomic E-state index is 0.144. The maximum absolute atomic E-state index is 9.03. The molecule has 1 aromatic heterocycles. The molecule has 0 radical (unpaired) electrons. The molecule has 3 N–H and O–H groups in total. The first-order valence-corrected chi connectivity index (χ1v) is 7.78. The fraction of sp³-hybridized carbons (Fsp3) is 0.312. The van der Waals surface area contributed by atoms with Crippen LogP contribution >= 0.6 is 11.3 Å². The number of rotatable bonds is 5. The highest BCUT2D eigenvalue weighted by molar-refractivity contribution is 7.09. The quantitative estimate of drug-likeness (QED) is 0.384. The monoisotopic (exact) mass is 303 g/mol. The number of aryl methyl sites for hydroxylation is 1. The lowest BCUT2D eigenvalue weighted by molar-refractivity contribution is 0.318. The van der Waals surface area contributed by atoms with Crippen LogP contribution in [0.5, 0.6) is 0 Å². The van der Waals surface area contributed by atoms with Crippen LogP contribution in [0, 0.1) is 6.92 Å². The Bertz CT molecular complexity index is 620. The number of thiophene rings is 1. The van der Waals surface area contributed by atoms with Crippen LogP contribution in [0.1, 0.15) is 29.9 Å². The molecule has 0 spiro atoms. The summed E-state index contributed by atoms with van der Waals surface area (Å²) in [7, 11) is 0. The summed E-state index contributed by atoms with van der Waals surface area (Å²) < 4.78 is 0. The summed E-state index contributed by atoms with van der Waals surface area (Å²) in [6.45, 7) is 7.09. The minimum Gasteiger partial charge on any atom is -0.409 e. The average Bonchev–Trinajstić information content (AvgIpc) is 2.97. The molecule has 0 unspecified atom stereocenters. The minimum atomic E-state index is 0.144. The topological polar surface area (TPSA) is 61.8 Å². The number of hydrogen-bond donors (Lipinski definition) is 2. The van der Waals surface area contributed by atoms with Crippen molar-refractivity contribution < 1.29 is 5.21 Å². The van der Waals surface area contributed by atoms with Gasteiger partial charge in [-0.1, -0.05) is 22.9 Å². The molecule has 0 atom stereocenters. The standard InChI is InChI=1S/C16H21N3OS/c1-11(2)19(10-13-5-4-8-21-13)15-7-6-12(3)9-14(15)16(17)18-20/h4-9,11,20H,10H2,1-3H3,(H2,17,18). The molecule has 0 saturated carbocycles. The molecule has 0 amide bonds. The van der Waals surface area contributed by atoms with Gasteiger partial charge in [0.05, 0.1) is 6.54 Å². The molecule has 2 rings (SSSR count). The normalized spacial score (nSPS) is 11.9. The lowest BCUT2D eigenvalue weighted by Gasteiger charge is -2.30. The van der Waals surface area contributed by atoms with E-state index in [1.807, 2.05) is 25.1 Å². The fourth-order valence-corrected chi connectivity index (χ4v) is 2.98. The van der Waals surface area contributed by atoms with E-state index in [2.05, 4.69) is 41.4 Å². The largest absolute Gasteiger partial charge is 0.409 e. The van der Waals surface area contributed by atoms with Crippen molar-refractivity contribution in [3.05, 3.63) is 51.7 Å². The van der Waals surface area contributed by atoms with E-state index in [9.17, 15) is 0 Å². The van der Waals surface area contributed by atoms with Crippen molar-refractivity contribution in [2.75, 3.05) is 4.90 Å². The van der Waals surface area contributed by atoms with Gasteiger partial charge in [-0.2, -0.15) is 0 Å². The lowest BCUT2D eigenvalue weighted by Crippen LogP contribution is -2.32. The van der Waals surface area contributed by atoms with Crippen molar-refractivity contribution in [1.82, 2.24) is 0 Å². The average molecular weight is 303 g/mol. The first-order valence-electron chi connectivity index (χ1n) is 6.90. The van der Waals surface area contributed by atoms with Gasteiger partial charge < -0.3 is 15.8 Å². The molecule has 5 heteroatoms. The Morgan fingerprint density at radius 3 is 2.71 bits per heavy atom. The predicted molar refractivity (Wildman–Crippen MR) is 89.3 cm³/mol. The van der Waals surface area contributed by atoms with E-state index in [0.29, 0.717) is 6.04 Å². The zero-order valence-electron chi connectivity index (χ0n) is 12.6. The lowest BCUT2D eigenvalue weighted by atomic mass is 10.1. The Labute approximate surface area is 129 Å². The van der Waals surface area contributed by atoms with Crippen molar-refractivity contribution in [1.29, 1.82) is 0 Å². The second-order valence-corrected chi connectivity index (χ2v) is 6.34. The number of nitrogens with two attached hydrogens (primary N) is 1. The van der Waals surface area contributed by atoms with E-state index in [-0.39, 0.29) is 5.84 Å². The van der Waals surface area contributed by atoms with Crippen molar-refractivity contribution in [2.24, 2.45) is 10.9 Å². The molecule has 0 aliphatic heterocycles. The van der Waals surface area contributed by atoms with Gasteiger partial charge in [0, 0.05) is 22.2 Å². The summed E-state index contributed by atoms with van der Waals surface area (Å²) in [6.07, 6.45) is 0. The number of anilines is 1. The fourth-order valence-electron chi connectivity index (χ4n) is 2.28. The second kappa shape index (κ2) is 6.63. The summed E-state index contributed by atoms with van der Waals surface area (Å²) in [4.78, 5) is 3.55. The van der Waals surface area contributed by atoms with Gasteiger partial charge in [0.1, 0.15) is 0 Å². The number of hydrogen-bond acceptors (Lipinski definition) is 4. The zero-order valence-corrected chi connectivity index (χ0v) is 13.4. The van der Waals surface area contributed by atoms with E-state index in [1.54, 1.807) is 11.3 Å². The Balaban J connectivity index is 2.45. The van der Waals surface area contributed by atoms with Crippen LogP contribution in [0.2, 0.25) is 0 Å². The number of benzene rings is 1. The second-order valence-electron chi connectivity index (χ2n) is 5.31. The van der Waals surface area contributed by atoms with Crippen LogP contribution < -0.4 is 10.6 Å². The molecule has 0 fully saturated rings. The smallest absolute Gasteiger partial charge is 0.172 e.